The SMILES string of the molecule is O=C1NC(=O)/C(=C\c2ccnc(N3CCC(CNCc4cc(-c5ccc(Oc6ccccc6)cc5)ncc4F)CC3)n2)S1. The predicted molar refractivity (Wildman–Crippen MR) is 164 cm³/mol. The summed E-state index contributed by atoms with van der Waals surface area (Å²) in [5.74, 6) is 1.78. The van der Waals surface area contributed by atoms with Crippen LogP contribution < -0.4 is 20.3 Å². The second-order valence-corrected chi connectivity index (χ2v) is 11.3. The number of pyridine rings is 1. The van der Waals surface area contributed by atoms with Crippen LogP contribution in [0.3, 0.4) is 0 Å². The molecule has 2 fully saturated rings. The van der Waals surface area contributed by atoms with E-state index in [9.17, 15) is 14.0 Å². The third-order valence-electron chi connectivity index (χ3n) is 7.29. The van der Waals surface area contributed by atoms with Gasteiger partial charge in [0.25, 0.3) is 11.1 Å². The largest absolute Gasteiger partial charge is 0.457 e. The summed E-state index contributed by atoms with van der Waals surface area (Å²) in [4.78, 5) is 39.0. The van der Waals surface area contributed by atoms with Crippen molar-refractivity contribution in [3.8, 4) is 22.8 Å². The van der Waals surface area contributed by atoms with Gasteiger partial charge in [-0.1, -0.05) is 18.2 Å². The fourth-order valence-electron chi connectivity index (χ4n) is 4.99. The molecule has 4 aromatic rings. The Morgan fingerprint density at radius 3 is 2.53 bits per heavy atom. The molecule has 0 aliphatic carbocycles. The minimum Gasteiger partial charge on any atom is -0.457 e. The monoisotopic (exact) mass is 596 g/mol. The smallest absolute Gasteiger partial charge is 0.290 e. The summed E-state index contributed by atoms with van der Waals surface area (Å²) in [6.45, 7) is 2.75. The number of rotatable bonds is 9. The van der Waals surface area contributed by atoms with Gasteiger partial charge in [0.1, 0.15) is 17.3 Å². The molecule has 11 heteroatoms. The number of amides is 2. The van der Waals surface area contributed by atoms with Crippen LogP contribution in [-0.2, 0) is 11.3 Å². The maximum atomic E-state index is 14.6. The molecule has 0 spiro atoms. The molecular formula is C32H29FN6O3S. The average Bonchev–Trinajstić information content (AvgIpc) is 3.35. The highest BCUT2D eigenvalue weighted by molar-refractivity contribution is 8.18. The number of halogens is 1. The number of thioether (sulfide) groups is 1. The lowest BCUT2D eigenvalue weighted by atomic mass is 9.97. The van der Waals surface area contributed by atoms with Gasteiger partial charge in [-0.15, -0.1) is 0 Å². The Labute approximate surface area is 252 Å². The number of imide groups is 1. The molecule has 2 aliphatic heterocycles. The van der Waals surface area contributed by atoms with Crippen molar-refractivity contribution >= 4 is 34.9 Å². The number of nitrogens with zero attached hydrogens (tertiary/aromatic N) is 4. The van der Waals surface area contributed by atoms with Gasteiger partial charge in [0.2, 0.25) is 5.95 Å². The molecule has 2 aliphatic rings. The van der Waals surface area contributed by atoms with E-state index in [1.807, 2.05) is 54.6 Å². The van der Waals surface area contributed by atoms with Crippen molar-refractivity contribution in [1.29, 1.82) is 0 Å². The van der Waals surface area contributed by atoms with Gasteiger partial charge in [0, 0.05) is 37.0 Å². The van der Waals surface area contributed by atoms with Crippen LogP contribution in [-0.4, -0.2) is 45.7 Å². The van der Waals surface area contributed by atoms with Crippen LogP contribution in [0.4, 0.5) is 15.1 Å². The number of aromatic nitrogens is 3. The van der Waals surface area contributed by atoms with Gasteiger partial charge in [0.05, 0.1) is 22.5 Å². The molecule has 43 heavy (non-hydrogen) atoms. The molecule has 218 valence electrons. The number of hydrogen-bond acceptors (Lipinski definition) is 9. The number of para-hydroxylation sites is 1. The van der Waals surface area contributed by atoms with Crippen LogP contribution in [0.1, 0.15) is 24.1 Å². The van der Waals surface area contributed by atoms with E-state index >= 15 is 0 Å². The minimum atomic E-state index is -0.408. The summed E-state index contributed by atoms with van der Waals surface area (Å²) in [5, 5.41) is 5.29. The second kappa shape index (κ2) is 13.1. The van der Waals surface area contributed by atoms with E-state index in [0.29, 0.717) is 40.3 Å². The van der Waals surface area contributed by atoms with E-state index in [1.165, 1.54) is 6.20 Å². The highest BCUT2D eigenvalue weighted by Crippen LogP contribution is 2.27. The molecule has 2 amide bonds. The molecule has 2 saturated heterocycles. The summed E-state index contributed by atoms with van der Waals surface area (Å²) in [5.41, 5.74) is 2.74. The summed E-state index contributed by atoms with van der Waals surface area (Å²) >= 11 is 0.866. The van der Waals surface area contributed by atoms with Gasteiger partial charge < -0.3 is 15.0 Å². The van der Waals surface area contributed by atoms with Crippen LogP contribution >= 0.6 is 11.8 Å². The van der Waals surface area contributed by atoms with Crippen LogP contribution in [0.5, 0.6) is 11.5 Å². The lowest BCUT2D eigenvalue weighted by Crippen LogP contribution is -2.38. The lowest BCUT2D eigenvalue weighted by molar-refractivity contribution is -0.115. The number of benzene rings is 2. The van der Waals surface area contributed by atoms with E-state index in [1.54, 1.807) is 24.4 Å². The summed E-state index contributed by atoms with van der Waals surface area (Å²) in [6.07, 6.45) is 6.42. The zero-order chi connectivity index (χ0) is 29.6. The molecule has 2 aromatic carbocycles. The maximum absolute atomic E-state index is 14.6. The van der Waals surface area contributed by atoms with Gasteiger partial charge in [-0.05, 0) is 91.7 Å². The highest BCUT2D eigenvalue weighted by Gasteiger charge is 2.26. The van der Waals surface area contributed by atoms with Gasteiger partial charge in [-0.2, -0.15) is 0 Å². The molecule has 0 unspecified atom stereocenters. The first-order chi connectivity index (χ1) is 21.0. The number of carbonyl (C=O) groups excluding carboxylic acids is 2. The van der Waals surface area contributed by atoms with Crippen molar-refractivity contribution in [3.63, 3.8) is 0 Å². The van der Waals surface area contributed by atoms with Crippen LogP contribution in [0.2, 0.25) is 0 Å². The molecule has 0 atom stereocenters. The zero-order valence-corrected chi connectivity index (χ0v) is 24.0. The Bertz CT molecular complexity index is 1640. The molecule has 0 radical (unpaired) electrons. The van der Waals surface area contributed by atoms with Crippen molar-refractivity contribution in [2.75, 3.05) is 24.5 Å². The van der Waals surface area contributed by atoms with Gasteiger partial charge in [-0.3, -0.25) is 19.9 Å². The van der Waals surface area contributed by atoms with Crippen molar-refractivity contribution in [3.05, 3.63) is 101 Å². The fraction of sp³-hybridized carbons (Fsp3) is 0.219. The van der Waals surface area contributed by atoms with Crippen molar-refractivity contribution in [1.82, 2.24) is 25.6 Å². The van der Waals surface area contributed by atoms with Crippen molar-refractivity contribution < 1.29 is 18.7 Å². The first-order valence-corrected chi connectivity index (χ1v) is 14.8. The molecule has 2 N–H and O–H groups in total. The molecule has 4 heterocycles. The van der Waals surface area contributed by atoms with Crippen LogP contribution in [0.15, 0.2) is 84.0 Å². The quantitative estimate of drug-likeness (QED) is 0.232. The molecule has 0 saturated carbocycles. The van der Waals surface area contributed by atoms with Crippen LogP contribution in [0.25, 0.3) is 17.3 Å². The summed E-state index contributed by atoms with van der Waals surface area (Å²) < 4.78 is 20.5. The standard InChI is InChI=1S/C32H29FN6O3S/c33-27-20-36-28(22-6-8-26(9-7-22)42-25-4-2-1-3-5-25)16-23(27)19-34-18-21-11-14-39(15-12-21)31-35-13-10-24(37-31)17-29-30(40)38-32(41)43-29/h1-10,13,16-17,20-21,34H,11-12,14-15,18-19H2,(H,38,40,41)/b29-17+. The Balaban J connectivity index is 0.998. The normalized spacial score (nSPS) is 16.5. The van der Waals surface area contributed by atoms with Gasteiger partial charge in [0.15, 0.2) is 0 Å². The fourth-order valence-corrected chi connectivity index (χ4v) is 5.66. The van der Waals surface area contributed by atoms with E-state index in [-0.39, 0.29) is 11.1 Å². The second-order valence-electron chi connectivity index (χ2n) is 10.3. The van der Waals surface area contributed by atoms with Crippen molar-refractivity contribution in [2.24, 2.45) is 5.92 Å². The topological polar surface area (TPSA) is 109 Å². The molecular weight excluding hydrogens is 567 g/mol. The molecule has 0 bridgehead atoms. The Morgan fingerprint density at radius 2 is 1.79 bits per heavy atom. The van der Waals surface area contributed by atoms with Crippen molar-refractivity contribution in [2.45, 2.75) is 19.4 Å². The summed E-state index contributed by atoms with van der Waals surface area (Å²) in [7, 11) is 0. The number of hydrogen-bond donors (Lipinski definition) is 2. The van der Waals surface area contributed by atoms with E-state index in [0.717, 1.165) is 61.3 Å². The average molecular weight is 597 g/mol. The Hall–Kier alpha value is -4.61. The number of carbonyl (C=O) groups is 2. The Kier molecular flexibility index (Phi) is 8.71. The molecule has 6 rings (SSSR count). The number of nitrogens with one attached hydrogen (secondary N) is 2. The highest BCUT2D eigenvalue weighted by atomic mass is 32.2. The number of ether oxygens (including phenoxy) is 1. The summed E-state index contributed by atoms with van der Waals surface area (Å²) in [6, 6.07) is 20.7. The van der Waals surface area contributed by atoms with E-state index in [4.69, 9.17) is 4.74 Å². The Morgan fingerprint density at radius 1 is 1.02 bits per heavy atom. The first kappa shape index (κ1) is 28.5. The number of piperidine rings is 1. The third-order valence-corrected chi connectivity index (χ3v) is 8.11. The van der Waals surface area contributed by atoms with Gasteiger partial charge >= 0.3 is 0 Å². The van der Waals surface area contributed by atoms with Crippen LogP contribution in [0, 0.1) is 11.7 Å². The van der Waals surface area contributed by atoms with E-state index < -0.39 is 5.91 Å². The predicted octanol–water partition coefficient (Wildman–Crippen LogP) is 5.80. The zero-order valence-electron chi connectivity index (χ0n) is 23.2. The molecule has 2 aromatic heterocycles. The maximum Gasteiger partial charge on any atom is 0.290 e. The lowest BCUT2D eigenvalue weighted by Gasteiger charge is -2.32. The molecule has 9 nitrogen and oxygen atoms in total. The first-order valence-electron chi connectivity index (χ1n) is 14.0. The van der Waals surface area contributed by atoms with E-state index in [2.05, 4.69) is 30.5 Å². The minimum absolute atomic E-state index is 0.323. The number of anilines is 1. The third kappa shape index (κ3) is 7.25. The van der Waals surface area contributed by atoms with Gasteiger partial charge in [-0.25, -0.2) is 14.4 Å².